The number of esters is 1. The lowest BCUT2D eigenvalue weighted by molar-refractivity contribution is -0.385. The standard InChI is InChI=1S/C47H40N4O7S2/c1-2-58-47(55)41-37-26-25-33(30-15-6-3-7-16-30)28-40(37)60-46(41)50-45(54)42(31-17-8-4-9-18-31)59-36-23-14-22-35(29-36)48-44(53)38(49-43(52)32-19-10-5-11-20-32)27-34-21-12-13-24-39(34)51(56)57/h3-24,27,29,33,42H,2,25-26,28H2,1H3,(H,48,53)(H,49,52)(H,50,54)/b38-27+. The maximum atomic E-state index is 14.4. The Morgan fingerprint density at radius 1 is 0.867 bits per heavy atom. The van der Waals surface area contributed by atoms with Gasteiger partial charge >= 0.3 is 5.97 Å². The molecule has 1 aromatic heterocycles. The largest absolute Gasteiger partial charge is 0.462 e. The highest BCUT2D eigenvalue weighted by Crippen LogP contribution is 2.44. The van der Waals surface area contributed by atoms with E-state index in [0.29, 0.717) is 33.5 Å². The number of nitrogens with one attached hydrogen (secondary N) is 3. The molecular formula is C47H40N4O7S2. The molecule has 2 unspecified atom stereocenters. The molecule has 5 aromatic carbocycles. The molecule has 0 radical (unpaired) electrons. The Bertz CT molecular complexity index is 2560. The third kappa shape index (κ3) is 9.88. The molecule has 3 N–H and O–H groups in total. The summed E-state index contributed by atoms with van der Waals surface area (Å²) >= 11 is 2.67. The first-order chi connectivity index (χ1) is 29.2. The number of anilines is 2. The molecule has 2 atom stereocenters. The van der Waals surface area contributed by atoms with E-state index in [9.17, 15) is 29.3 Å². The Labute approximate surface area is 355 Å². The number of carbonyl (C=O) groups excluding carboxylic acids is 4. The zero-order valence-corrected chi connectivity index (χ0v) is 34.1. The molecule has 7 rings (SSSR count). The van der Waals surface area contributed by atoms with Crippen LogP contribution in [0, 0.1) is 10.1 Å². The van der Waals surface area contributed by atoms with Crippen LogP contribution in [0.5, 0.6) is 0 Å². The molecule has 11 nitrogen and oxygen atoms in total. The molecule has 0 saturated heterocycles. The summed E-state index contributed by atoms with van der Waals surface area (Å²) in [5.41, 5.74) is 3.58. The van der Waals surface area contributed by atoms with E-state index in [1.165, 1.54) is 52.9 Å². The first-order valence-electron chi connectivity index (χ1n) is 19.3. The summed E-state index contributed by atoms with van der Waals surface area (Å²) in [6.07, 6.45) is 3.56. The van der Waals surface area contributed by atoms with Gasteiger partial charge in [0.25, 0.3) is 17.5 Å². The van der Waals surface area contributed by atoms with Crippen LogP contribution in [0.1, 0.15) is 72.4 Å². The third-order valence-electron chi connectivity index (χ3n) is 9.90. The minimum Gasteiger partial charge on any atom is -0.462 e. The number of benzene rings is 5. The Kier molecular flexibility index (Phi) is 13.3. The summed E-state index contributed by atoms with van der Waals surface area (Å²) < 4.78 is 5.50. The van der Waals surface area contributed by atoms with E-state index in [-0.39, 0.29) is 35.0 Å². The Balaban J connectivity index is 1.15. The number of nitrogens with zero attached hydrogens (tertiary/aromatic N) is 1. The third-order valence-corrected chi connectivity index (χ3v) is 12.3. The molecule has 1 heterocycles. The number of carbonyl (C=O) groups is 4. The predicted octanol–water partition coefficient (Wildman–Crippen LogP) is 9.99. The van der Waals surface area contributed by atoms with Crippen LogP contribution in [0.3, 0.4) is 0 Å². The molecule has 3 amide bonds. The van der Waals surface area contributed by atoms with Crippen LogP contribution in [0.4, 0.5) is 16.4 Å². The van der Waals surface area contributed by atoms with E-state index < -0.39 is 28.0 Å². The number of nitro benzene ring substituents is 1. The van der Waals surface area contributed by atoms with Gasteiger partial charge < -0.3 is 20.7 Å². The number of rotatable bonds is 14. The summed E-state index contributed by atoms with van der Waals surface area (Å²) in [4.78, 5) is 67.9. The zero-order chi connectivity index (χ0) is 42.0. The van der Waals surface area contributed by atoms with Crippen molar-refractivity contribution in [3.63, 3.8) is 0 Å². The lowest BCUT2D eigenvalue weighted by Gasteiger charge is -2.23. The normalized spacial score (nSPS) is 13.9. The Morgan fingerprint density at radius 3 is 2.27 bits per heavy atom. The number of ether oxygens (including phenoxy) is 1. The van der Waals surface area contributed by atoms with Crippen LogP contribution in [0.25, 0.3) is 6.08 Å². The topological polar surface area (TPSA) is 157 Å². The van der Waals surface area contributed by atoms with Gasteiger partial charge in [0, 0.05) is 27.1 Å². The van der Waals surface area contributed by atoms with E-state index in [2.05, 4.69) is 28.1 Å². The van der Waals surface area contributed by atoms with E-state index in [4.69, 9.17) is 4.74 Å². The first kappa shape index (κ1) is 41.3. The van der Waals surface area contributed by atoms with Crippen LogP contribution in [-0.4, -0.2) is 35.2 Å². The highest BCUT2D eigenvalue weighted by atomic mass is 32.2. The highest BCUT2D eigenvalue weighted by molar-refractivity contribution is 8.00. The van der Waals surface area contributed by atoms with Gasteiger partial charge in [-0.15, -0.1) is 23.1 Å². The lowest BCUT2D eigenvalue weighted by atomic mass is 9.83. The van der Waals surface area contributed by atoms with E-state index >= 15 is 0 Å². The monoisotopic (exact) mass is 836 g/mol. The molecular weight excluding hydrogens is 797 g/mol. The quantitative estimate of drug-likeness (QED) is 0.0322. The van der Waals surface area contributed by atoms with Gasteiger partial charge in [0.05, 0.1) is 22.7 Å². The number of thiophene rings is 1. The second-order valence-electron chi connectivity index (χ2n) is 13.9. The lowest BCUT2D eigenvalue weighted by Crippen LogP contribution is -2.30. The maximum Gasteiger partial charge on any atom is 0.341 e. The molecule has 60 heavy (non-hydrogen) atoms. The molecule has 302 valence electrons. The van der Waals surface area contributed by atoms with Crippen molar-refractivity contribution in [2.75, 3.05) is 17.2 Å². The average Bonchev–Trinajstić information content (AvgIpc) is 3.63. The maximum absolute atomic E-state index is 14.4. The van der Waals surface area contributed by atoms with Crippen LogP contribution in [-0.2, 0) is 27.2 Å². The second-order valence-corrected chi connectivity index (χ2v) is 16.1. The molecule has 6 aromatic rings. The van der Waals surface area contributed by atoms with Gasteiger partial charge in [-0.3, -0.25) is 24.5 Å². The number of amides is 3. The fraction of sp³-hybridized carbons (Fsp3) is 0.149. The van der Waals surface area contributed by atoms with Crippen LogP contribution in [0.15, 0.2) is 150 Å². The fourth-order valence-corrected chi connectivity index (χ4v) is 9.44. The fourth-order valence-electron chi connectivity index (χ4n) is 7.04. The van der Waals surface area contributed by atoms with E-state index in [1.807, 2.05) is 54.6 Å². The van der Waals surface area contributed by atoms with Crippen molar-refractivity contribution in [1.82, 2.24) is 5.32 Å². The number of para-hydroxylation sites is 1. The molecule has 13 heteroatoms. The number of hydrogen-bond acceptors (Lipinski definition) is 9. The van der Waals surface area contributed by atoms with Crippen LogP contribution < -0.4 is 16.0 Å². The predicted molar refractivity (Wildman–Crippen MR) is 235 cm³/mol. The van der Waals surface area contributed by atoms with Crippen LogP contribution >= 0.6 is 23.1 Å². The SMILES string of the molecule is CCOC(=O)c1c(NC(=O)C(Sc2cccc(NC(=O)/C(=C\c3ccccc3[N+](=O)[O-])NC(=O)c3ccccc3)c2)c2ccccc2)sc2c1CCC(c1ccccc1)C2. The molecule has 1 aliphatic rings. The van der Waals surface area contributed by atoms with Gasteiger partial charge in [0.1, 0.15) is 15.9 Å². The molecule has 1 aliphatic carbocycles. The van der Waals surface area contributed by atoms with Crippen molar-refractivity contribution in [3.05, 3.63) is 194 Å². The van der Waals surface area contributed by atoms with Crippen molar-refractivity contribution in [1.29, 1.82) is 0 Å². The Hall–Kier alpha value is -6.83. The summed E-state index contributed by atoms with van der Waals surface area (Å²) in [5, 5.41) is 20.0. The zero-order valence-electron chi connectivity index (χ0n) is 32.5. The number of fused-ring (bicyclic) bond motifs is 1. The van der Waals surface area contributed by atoms with Crippen LogP contribution in [0.2, 0.25) is 0 Å². The van der Waals surface area contributed by atoms with E-state index in [0.717, 1.165) is 28.8 Å². The molecule has 0 spiro atoms. The van der Waals surface area contributed by atoms with Crippen molar-refractivity contribution in [2.45, 2.75) is 42.2 Å². The van der Waals surface area contributed by atoms with Crippen molar-refractivity contribution in [3.8, 4) is 0 Å². The summed E-state index contributed by atoms with van der Waals surface area (Å²) in [6.45, 7) is 1.95. The first-order valence-corrected chi connectivity index (χ1v) is 21.0. The average molecular weight is 837 g/mol. The second kappa shape index (κ2) is 19.3. The minimum atomic E-state index is -0.775. The van der Waals surface area contributed by atoms with E-state index in [1.54, 1.807) is 61.5 Å². The Morgan fingerprint density at radius 2 is 1.55 bits per heavy atom. The number of hydrogen-bond donors (Lipinski definition) is 3. The molecule has 0 bridgehead atoms. The molecule has 0 fully saturated rings. The summed E-state index contributed by atoms with van der Waals surface area (Å²) in [5.74, 6) is -1.82. The summed E-state index contributed by atoms with van der Waals surface area (Å²) in [6, 6.07) is 40.6. The van der Waals surface area contributed by atoms with Gasteiger partial charge in [0.15, 0.2) is 0 Å². The van der Waals surface area contributed by atoms with Crippen molar-refractivity contribution in [2.24, 2.45) is 0 Å². The number of thioether (sulfide) groups is 1. The van der Waals surface area contributed by atoms with Gasteiger partial charge in [-0.05, 0) is 91.3 Å². The molecule has 0 aliphatic heterocycles. The van der Waals surface area contributed by atoms with Crippen molar-refractivity contribution >= 4 is 69.2 Å². The van der Waals surface area contributed by atoms with Gasteiger partial charge in [0.2, 0.25) is 5.91 Å². The van der Waals surface area contributed by atoms with Gasteiger partial charge in [-0.25, -0.2) is 4.79 Å². The van der Waals surface area contributed by atoms with Gasteiger partial charge in [-0.2, -0.15) is 0 Å². The summed E-state index contributed by atoms with van der Waals surface area (Å²) in [7, 11) is 0. The van der Waals surface area contributed by atoms with Gasteiger partial charge in [-0.1, -0.05) is 97.1 Å². The molecule has 0 saturated carbocycles. The smallest absolute Gasteiger partial charge is 0.341 e. The van der Waals surface area contributed by atoms with Crippen molar-refractivity contribution < 1.29 is 28.8 Å². The minimum absolute atomic E-state index is 0.121. The number of nitro groups is 1. The highest BCUT2D eigenvalue weighted by Gasteiger charge is 2.32.